The zero-order chi connectivity index (χ0) is 7.84. The summed E-state index contributed by atoms with van der Waals surface area (Å²) in [6, 6.07) is 0. The van der Waals surface area contributed by atoms with Crippen LogP contribution in [0.1, 0.15) is 12.8 Å². The van der Waals surface area contributed by atoms with Crippen molar-refractivity contribution in [2.45, 2.75) is 25.0 Å². The molecule has 2 rings (SSSR count). The quantitative estimate of drug-likeness (QED) is 0.438. The van der Waals surface area contributed by atoms with Crippen molar-refractivity contribution in [2.24, 2.45) is 11.8 Å². The molecule has 0 N–H and O–H groups in total. The Kier molecular flexibility index (Phi) is 1.57. The molecule has 0 saturated carbocycles. The van der Waals surface area contributed by atoms with Crippen LogP contribution in [0.2, 0.25) is 0 Å². The van der Waals surface area contributed by atoms with Crippen LogP contribution in [0.3, 0.4) is 0 Å². The van der Waals surface area contributed by atoms with Gasteiger partial charge < -0.3 is 9.53 Å². The molecule has 2 fully saturated rings. The Labute approximate surface area is 66.2 Å². The third-order valence-electron chi connectivity index (χ3n) is 2.82. The molecular weight excluding hydrogens is 140 g/mol. The van der Waals surface area contributed by atoms with Crippen LogP contribution in [0.4, 0.5) is 0 Å². The molecule has 0 aromatic carbocycles. The summed E-state index contributed by atoms with van der Waals surface area (Å²) < 4.78 is 5.58. The molecule has 0 amide bonds. The normalized spacial score (nSPS) is 47.6. The predicted octanol–water partition coefficient (Wildman–Crippen LogP) is 1.16. The summed E-state index contributed by atoms with van der Waals surface area (Å²) >= 11 is 0. The van der Waals surface area contributed by atoms with E-state index in [-0.39, 0.29) is 24.0 Å². The molecule has 0 aliphatic carbocycles. The van der Waals surface area contributed by atoms with Crippen molar-refractivity contribution in [3.63, 3.8) is 0 Å². The molecule has 11 heavy (non-hydrogen) atoms. The fourth-order valence-electron chi connectivity index (χ4n) is 2.24. The topological polar surface area (TPSA) is 26.3 Å². The first kappa shape index (κ1) is 7.04. The van der Waals surface area contributed by atoms with E-state index in [0.717, 1.165) is 19.1 Å². The molecule has 2 heteroatoms. The maximum Gasteiger partial charge on any atom is 0.126 e. The molecule has 2 bridgehead atoms. The van der Waals surface area contributed by atoms with E-state index in [1.165, 1.54) is 0 Å². The Balaban J connectivity index is 2.19. The predicted molar refractivity (Wildman–Crippen MR) is 41.1 cm³/mol. The van der Waals surface area contributed by atoms with E-state index in [1.54, 1.807) is 0 Å². The summed E-state index contributed by atoms with van der Waals surface area (Å²) in [5.41, 5.74) is 0. The average molecular weight is 152 g/mol. The van der Waals surface area contributed by atoms with Crippen molar-refractivity contribution in [3.8, 4) is 0 Å². The highest BCUT2D eigenvalue weighted by Gasteiger charge is 2.47. The van der Waals surface area contributed by atoms with Crippen molar-refractivity contribution in [3.05, 3.63) is 12.7 Å². The van der Waals surface area contributed by atoms with Crippen molar-refractivity contribution in [1.29, 1.82) is 0 Å². The van der Waals surface area contributed by atoms with Crippen molar-refractivity contribution in [1.82, 2.24) is 0 Å². The van der Waals surface area contributed by atoms with Crippen LogP contribution < -0.4 is 0 Å². The highest BCUT2D eigenvalue weighted by molar-refractivity contribution is 5.57. The smallest absolute Gasteiger partial charge is 0.126 e. The largest absolute Gasteiger partial charge is 0.374 e. The highest BCUT2D eigenvalue weighted by Crippen LogP contribution is 2.42. The first-order valence-electron chi connectivity index (χ1n) is 4.10. The monoisotopic (exact) mass is 152 g/mol. The summed E-state index contributed by atoms with van der Waals surface area (Å²) in [5.74, 6) is 0.373. The molecule has 2 nitrogen and oxygen atoms in total. The van der Waals surface area contributed by atoms with E-state index in [4.69, 9.17) is 4.74 Å². The van der Waals surface area contributed by atoms with Gasteiger partial charge in [-0.1, -0.05) is 6.08 Å². The second-order valence-corrected chi connectivity index (χ2v) is 3.32. The minimum atomic E-state index is 0.0891. The summed E-state index contributed by atoms with van der Waals surface area (Å²) in [7, 11) is 0. The van der Waals surface area contributed by atoms with E-state index < -0.39 is 0 Å². The summed E-state index contributed by atoms with van der Waals surface area (Å²) in [4.78, 5) is 10.6. The van der Waals surface area contributed by atoms with Crippen LogP contribution >= 0.6 is 0 Å². The lowest BCUT2D eigenvalue weighted by Gasteiger charge is -2.19. The minimum absolute atomic E-state index is 0.0891. The van der Waals surface area contributed by atoms with Gasteiger partial charge in [0.1, 0.15) is 6.29 Å². The summed E-state index contributed by atoms with van der Waals surface area (Å²) in [5, 5.41) is 0. The van der Waals surface area contributed by atoms with Crippen LogP contribution in [-0.2, 0) is 9.53 Å². The van der Waals surface area contributed by atoms with Crippen LogP contribution in [0.15, 0.2) is 12.7 Å². The number of rotatable bonds is 2. The number of aldehydes is 1. The standard InChI is InChI=1S/C9H12O2/c1-2-6-7(5-10)9-4-3-8(6)11-9/h2,5-9H,1,3-4H2. The van der Waals surface area contributed by atoms with Crippen molar-refractivity contribution in [2.75, 3.05) is 0 Å². The van der Waals surface area contributed by atoms with Crippen LogP contribution in [0.5, 0.6) is 0 Å². The maximum atomic E-state index is 10.6. The summed E-state index contributed by atoms with van der Waals surface area (Å²) in [6.45, 7) is 3.72. The first-order chi connectivity index (χ1) is 5.36. The van der Waals surface area contributed by atoms with E-state index in [0.29, 0.717) is 0 Å². The first-order valence-corrected chi connectivity index (χ1v) is 4.10. The fraction of sp³-hybridized carbons (Fsp3) is 0.667. The number of carbonyl (C=O) groups excluding carboxylic acids is 1. The second kappa shape index (κ2) is 2.45. The van der Waals surface area contributed by atoms with E-state index in [2.05, 4.69) is 6.58 Å². The fourth-order valence-corrected chi connectivity index (χ4v) is 2.24. The Hall–Kier alpha value is -0.630. The average Bonchev–Trinajstić information content (AvgIpc) is 2.60. The van der Waals surface area contributed by atoms with Gasteiger partial charge in [-0.25, -0.2) is 0 Å². The van der Waals surface area contributed by atoms with Crippen LogP contribution in [-0.4, -0.2) is 18.5 Å². The number of hydrogen-bond acceptors (Lipinski definition) is 2. The summed E-state index contributed by atoms with van der Waals surface area (Å²) in [6.07, 6.45) is 5.52. The number of fused-ring (bicyclic) bond motifs is 2. The lowest BCUT2D eigenvalue weighted by molar-refractivity contribution is -0.113. The lowest BCUT2D eigenvalue weighted by atomic mass is 9.80. The maximum absolute atomic E-state index is 10.6. The van der Waals surface area contributed by atoms with Crippen molar-refractivity contribution >= 4 is 6.29 Å². The van der Waals surface area contributed by atoms with Gasteiger partial charge in [-0.05, 0) is 12.8 Å². The Bertz CT molecular complexity index is 168. The van der Waals surface area contributed by atoms with E-state index >= 15 is 0 Å². The Morgan fingerprint density at radius 1 is 1.27 bits per heavy atom. The van der Waals surface area contributed by atoms with Gasteiger partial charge in [0.05, 0.1) is 12.2 Å². The van der Waals surface area contributed by atoms with Gasteiger partial charge in [-0.15, -0.1) is 6.58 Å². The van der Waals surface area contributed by atoms with Gasteiger partial charge in [-0.3, -0.25) is 0 Å². The van der Waals surface area contributed by atoms with Gasteiger partial charge in [0.2, 0.25) is 0 Å². The molecule has 0 aromatic heterocycles. The number of hydrogen-bond donors (Lipinski definition) is 0. The Morgan fingerprint density at radius 2 is 1.91 bits per heavy atom. The third-order valence-corrected chi connectivity index (χ3v) is 2.82. The lowest BCUT2D eigenvalue weighted by Crippen LogP contribution is -2.26. The number of carbonyl (C=O) groups is 1. The molecule has 4 unspecified atom stereocenters. The third kappa shape index (κ3) is 0.857. The molecule has 2 aliphatic heterocycles. The molecule has 4 atom stereocenters. The van der Waals surface area contributed by atoms with Gasteiger partial charge in [-0.2, -0.15) is 0 Å². The van der Waals surface area contributed by atoms with Gasteiger partial charge in [0.15, 0.2) is 0 Å². The SMILES string of the molecule is C=CC1C2CCC(O2)C1C=O. The second-order valence-electron chi connectivity index (χ2n) is 3.32. The minimum Gasteiger partial charge on any atom is -0.374 e. The highest BCUT2D eigenvalue weighted by atomic mass is 16.5. The Morgan fingerprint density at radius 3 is 2.36 bits per heavy atom. The zero-order valence-corrected chi connectivity index (χ0v) is 6.40. The molecule has 2 heterocycles. The van der Waals surface area contributed by atoms with E-state index in [9.17, 15) is 4.79 Å². The molecule has 2 saturated heterocycles. The van der Waals surface area contributed by atoms with Crippen molar-refractivity contribution < 1.29 is 9.53 Å². The zero-order valence-electron chi connectivity index (χ0n) is 6.40. The number of ether oxygens (including phenoxy) is 1. The molecule has 0 radical (unpaired) electrons. The van der Waals surface area contributed by atoms with Gasteiger partial charge >= 0.3 is 0 Å². The van der Waals surface area contributed by atoms with E-state index in [1.807, 2.05) is 6.08 Å². The molecule has 0 aromatic rings. The molecule has 60 valence electrons. The molecular formula is C9H12O2. The molecule has 2 aliphatic rings. The van der Waals surface area contributed by atoms with Crippen LogP contribution in [0.25, 0.3) is 0 Å². The van der Waals surface area contributed by atoms with Crippen LogP contribution in [0, 0.1) is 11.8 Å². The molecule has 0 spiro atoms. The van der Waals surface area contributed by atoms with Gasteiger partial charge in [0.25, 0.3) is 0 Å². The van der Waals surface area contributed by atoms with Gasteiger partial charge in [0, 0.05) is 11.8 Å².